The van der Waals surface area contributed by atoms with Crippen molar-refractivity contribution in [2.24, 2.45) is 0 Å². The van der Waals surface area contributed by atoms with E-state index in [-0.39, 0.29) is 11.6 Å². The molecule has 2 aromatic carbocycles. The fourth-order valence-corrected chi connectivity index (χ4v) is 3.76. The highest BCUT2D eigenvalue weighted by Crippen LogP contribution is 2.48. The van der Waals surface area contributed by atoms with E-state index < -0.39 is 0 Å². The van der Waals surface area contributed by atoms with Crippen molar-refractivity contribution in [2.75, 3.05) is 17.3 Å². The molecule has 3 nitrogen and oxygen atoms in total. The molecule has 1 N–H and O–H groups in total. The second kappa shape index (κ2) is 6.41. The van der Waals surface area contributed by atoms with Crippen LogP contribution in [0.25, 0.3) is 5.57 Å². The van der Waals surface area contributed by atoms with Gasteiger partial charge in [-0.2, -0.15) is 0 Å². The van der Waals surface area contributed by atoms with E-state index in [2.05, 4.69) is 16.8 Å². The Morgan fingerprint density at radius 3 is 2.48 bits per heavy atom. The molecule has 27 heavy (non-hydrogen) atoms. The third-order valence-electron chi connectivity index (χ3n) is 5.12. The Kier molecular flexibility index (Phi) is 4.17. The van der Waals surface area contributed by atoms with Crippen molar-refractivity contribution in [1.29, 1.82) is 0 Å². The molecule has 140 valence electrons. The van der Waals surface area contributed by atoms with Gasteiger partial charge < -0.3 is 15.0 Å². The molecule has 0 unspecified atom stereocenters. The summed E-state index contributed by atoms with van der Waals surface area (Å²) in [5.41, 5.74) is 4.67. The van der Waals surface area contributed by atoms with Gasteiger partial charge >= 0.3 is 0 Å². The molecule has 1 saturated carbocycles. The second-order valence-electron chi connectivity index (χ2n) is 7.15. The van der Waals surface area contributed by atoms with Crippen LogP contribution in [-0.2, 0) is 4.74 Å². The number of methoxy groups -OCH3 is 1. The lowest BCUT2D eigenvalue weighted by molar-refractivity contribution is 0.304. The van der Waals surface area contributed by atoms with Crippen LogP contribution in [0.3, 0.4) is 0 Å². The number of benzene rings is 2. The molecule has 1 fully saturated rings. The van der Waals surface area contributed by atoms with Gasteiger partial charge in [-0.25, -0.2) is 8.78 Å². The standard InChI is InChI=1S/C22H22F2N2O/c1-12-5-8-18(17(24)9-12)25-19-10-15(23)11-20-21(19)13(2)22(27-4)14(3)26(20)16-6-7-16/h5,8-11,16,25H,2,6-7H2,1,3-4H3. The lowest BCUT2D eigenvalue weighted by Crippen LogP contribution is -2.29. The number of anilines is 3. The minimum Gasteiger partial charge on any atom is -0.494 e. The van der Waals surface area contributed by atoms with Gasteiger partial charge in [-0.15, -0.1) is 0 Å². The predicted molar refractivity (Wildman–Crippen MR) is 105 cm³/mol. The van der Waals surface area contributed by atoms with Crippen LogP contribution in [0.2, 0.25) is 0 Å². The third kappa shape index (κ3) is 2.97. The molecule has 1 aliphatic carbocycles. The Morgan fingerprint density at radius 1 is 1.11 bits per heavy atom. The third-order valence-corrected chi connectivity index (χ3v) is 5.12. The van der Waals surface area contributed by atoms with Gasteiger partial charge in [-0.3, -0.25) is 0 Å². The summed E-state index contributed by atoms with van der Waals surface area (Å²) in [4.78, 5) is 2.11. The SMILES string of the molecule is C=C1C(OC)=C(C)N(C2CC2)c2cc(F)cc(Nc3ccc(C)cc3F)c21. The van der Waals surface area contributed by atoms with Crippen molar-refractivity contribution < 1.29 is 13.5 Å². The van der Waals surface area contributed by atoms with Gasteiger partial charge in [-0.05, 0) is 56.5 Å². The minimum absolute atomic E-state index is 0.296. The number of allylic oxidation sites excluding steroid dienone is 2. The zero-order valence-electron chi connectivity index (χ0n) is 15.7. The molecule has 0 aromatic heterocycles. The fraction of sp³-hybridized carbons (Fsp3) is 0.273. The molecule has 2 aromatic rings. The van der Waals surface area contributed by atoms with Crippen LogP contribution in [0.15, 0.2) is 48.4 Å². The Labute approximate surface area is 158 Å². The van der Waals surface area contributed by atoms with E-state index in [1.807, 2.05) is 19.9 Å². The van der Waals surface area contributed by atoms with Crippen LogP contribution >= 0.6 is 0 Å². The maximum atomic E-state index is 14.5. The maximum Gasteiger partial charge on any atom is 0.146 e. The van der Waals surface area contributed by atoms with Crippen molar-refractivity contribution in [3.8, 4) is 0 Å². The molecule has 4 rings (SSSR count). The van der Waals surface area contributed by atoms with E-state index in [0.717, 1.165) is 35.4 Å². The van der Waals surface area contributed by atoms with Gasteiger partial charge in [-0.1, -0.05) is 12.6 Å². The first-order valence-electron chi connectivity index (χ1n) is 9.01. The number of aryl methyl sites for hydroxylation is 1. The molecule has 1 aliphatic heterocycles. The Morgan fingerprint density at radius 2 is 1.85 bits per heavy atom. The van der Waals surface area contributed by atoms with Crippen molar-refractivity contribution >= 4 is 22.6 Å². The van der Waals surface area contributed by atoms with E-state index in [9.17, 15) is 8.78 Å². The first kappa shape index (κ1) is 17.6. The monoisotopic (exact) mass is 368 g/mol. The van der Waals surface area contributed by atoms with Crippen molar-refractivity contribution in [1.82, 2.24) is 0 Å². The van der Waals surface area contributed by atoms with Gasteiger partial charge in [0.15, 0.2) is 0 Å². The summed E-state index contributed by atoms with van der Waals surface area (Å²) in [5.74, 6) is -0.0866. The first-order valence-corrected chi connectivity index (χ1v) is 9.01. The van der Waals surface area contributed by atoms with Gasteiger partial charge in [0.25, 0.3) is 0 Å². The highest BCUT2D eigenvalue weighted by molar-refractivity contribution is 5.96. The molecule has 1 heterocycles. The maximum absolute atomic E-state index is 14.5. The summed E-state index contributed by atoms with van der Waals surface area (Å²) in [6, 6.07) is 8.14. The van der Waals surface area contributed by atoms with E-state index >= 15 is 0 Å². The van der Waals surface area contributed by atoms with E-state index in [4.69, 9.17) is 4.74 Å². The van der Waals surface area contributed by atoms with Gasteiger partial charge in [0.2, 0.25) is 0 Å². The van der Waals surface area contributed by atoms with Crippen LogP contribution in [-0.4, -0.2) is 13.2 Å². The highest BCUT2D eigenvalue weighted by atomic mass is 19.1. The number of hydrogen-bond donors (Lipinski definition) is 1. The molecule has 0 radical (unpaired) electrons. The van der Waals surface area contributed by atoms with Crippen LogP contribution in [0, 0.1) is 18.6 Å². The van der Waals surface area contributed by atoms with Crippen LogP contribution in [0.5, 0.6) is 0 Å². The molecule has 0 spiro atoms. The average Bonchev–Trinajstić information content (AvgIpc) is 3.42. The lowest BCUT2D eigenvalue weighted by atomic mass is 9.94. The molecule has 0 saturated heterocycles. The van der Waals surface area contributed by atoms with E-state index in [1.165, 1.54) is 18.2 Å². The fourth-order valence-electron chi connectivity index (χ4n) is 3.76. The van der Waals surface area contributed by atoms with Crippen molar-refractivity contribution in [3.05, 3.63) is 71.1 Å². The van der Waals surface area contributed by atoms with Gasteiger partial charge in [0.1, 0.15) is 17.4 Å². The van der Waals surface area contributed by atoms with E-state index in [1.54, 1.807) is 13.2 Å². The first-order chi connectivity index (χ1) is 12.9. The van der Waals surface area contributed by atoms with Crippen LogP contribution in [0.1, 0.15) is 30.9 Å². The number of halogens is 2. The summed E-state index contributed by atoms with van der Waals surface area (Å²) < 4.78 is 34.4. The Hall–Kier alpha value is -2.82. The number of nitrogens with zero attached hydrogens (tertiary/aromatic N) is 1. The zero-order chi connectivity index (χ0) is 19.3. The van der Waals surface area contributed by atoms with Gasteiger partial charge in [0.05, 0.1) is 29.9 Å². The number of hydrogen-bond acceptors (Lipinski definition) is 3. The molecule has 0 amide bonds. The topological polar surface area (TPSA) is 24.5 Å². The van der Waals surface area contributed by atoms with Crippen molar-refractivity contribution in [3.63, 3.8) is 0 Å². The summed E-state index contributed by atoms with van der Waals surface area (Å²) in [6.07, 6.45) is 2.10. The molecular weight excluding hydrogens is 346 g/mol. The molecule has 2 aliphatic rings. The average molecular weight is 368 g/mol. The summed E-state index contributed by atoms with van der Waals surface area (Å²) in [5, 5.41) is 3.06. The van der Waals surface area contributed by atoms with Crippen LogP contribution < -0.4 is 10.2 Å². The van der Waals surface area contributed by atoms with Crippen molar-refractivity contribution in [2.45, 2.75) is 32.7 Å². The quantitative estimate of drug-likeness (QED) is 0.728. The largest absolute Gasteiger partial charge is 0.494 e. The molecular formula is C22H22F2N2O. The smallest absolute Gasteiger partial charge is 0.146 e. The second-order valence-corrected chi connectivity index (χ2v) is 7.15. The molecule has 5 heteroatoms. The molecule has 0 bridgehead atoms. The highest BCUT2D eigenvalue weighted by Gasteiger charge is 2.38. The minimum atomic E-state index is -0.382. The Balaban J connectivity index is 1.87. The summed E-state index contributed by atoms with van der Waals surface area (Å²) in [6.45, 7) is 7.96. The lowest BCUT2D eigenvalue weighted by Gasteiger charge is -2.35. The summed E-state index contributed by atoms with van der Waals surface area (Å²) >= 11 is 0. The normalized spacial score (nSPS) is 16.5. The number of nitrogens with one attached hydrogen (secondary N) is 1. The summed E-state index contributed by atoms with van der Waals surface area (Å²) in [7, 11) is 1.61. The number of fused-ring (bicyclic) bond motifs is 1. The number of rotatable bonds is 4. The Bertz CT molecular complexity index is 977. The predicted octanol–water partition coefficient (Wildman–Crippen LogP) is 5.89. The van der Waals surface area contributed by atoms with E-state index in [0.29, 0.717) is 28.7 Å². The molecule has 0 atom stereocenters. The zero-order valence-corrected chi connectivity index (χ0v) is 15.7. The van der Waals surface area contributed by atoms with Gasteiger partial charge in [0, 0.05) is 17.2 Å². The van der Waals surface area contributed by atoms with Crippen LogP contribution in [0.4, 0.5) is 25.8 Å². The number of ether oxygens (including phenoxy) is 1.